The average Bonchev–Trinajstić information content (AvgIpc) is 3.20. The van der Waals surface area contributed by atoms with Crippen LogP contribution in [0.3, 0.4) is 0 Å². The molecule has 142 valence electrons. The van der Waals surface area contributed by atoms with Crippen LogP contribution in [0.25, 0.3) is 11.4 Å². The van der Waals surface area contributed by atoms with Crippen molar-refractivity contribution in [2.75, 3.05) is 27.3 Å². The van der Waals surface area contributed by atoms with Crippen LogP contribution in [0, 0.1) is 17.2 Å². The molecule has 2 amide bonds. The fraction of sp³-hybridized carbons (Fsp3) is 0.444. The van der Waals surface area contributed by atoms with Crippen molar-refractivity contribution in [3.63, 3.8) is 0 Å². The van der Waals surface area contributed by atoms with Gasteiger partial charge < -0.3 is 24.2 Å². The van der Waals surface area contributed by atoms with E-state index in [-0.39, 0.29) is 18.5 Å². The number of hydrogen-bond acceptors (Lipinski definition) is 7. The Morgan fingerprint density at radius 2 is 2.22 bits per heavy atom. The smallest absolute Gasteiger partial charge is 0.317 e. The molecule has 1 aliphatic heterocycles. The van der Waals surface area contributed by atoms with Crippen LogP contribution in [0.2, 0.25) is 0 Å². The van der Waals surface area contributed by atoms with E-state index in [0.717, 1.165) is 12.8 Å². The van der Waals surface area contributed by atoms with Gasteiger partial charge in [-0.3, -0.25) is 0 Å². The maximum atomic E-state index is 12.2. The van der Waals surface area contributed by atoms with E-state index < -0.39 is 0 Å². The van der Waals surface area contributed by atoms with E-state index in [2.05, 4.69) is 21.5 Å². The molecule has 0 spiro atoms. The van der Waals surface area contributed by atoms with Crippen molar-refractivity contribution in [2.24, 2.45) is 5.92 Å². The van der Waals surface area contributed by atoms with E-state index in [1.165, 1.54) is 0 Å². The van der Waals surface area contributed by atoms with Crippen LogP contribution in [-0.4, -0.2) is 48.4 Å². The highest BCUT2D eigenvalue weighted by molar-refractivity contribution is 5.74. The number of rotatable bonds is 5. The fourth-order valence-corrected chi connectivity index (χ4v) is 2.95. The van der Waals surface area contributed by atoms with Crippen molar-refractivity contribution in [1.82, 2.24) is 20.4 Å². The number of hydrogen-bond donors (Lipinski definition) is 1. The number of nitrogens with one attached hydrogen (secondary N) is 1. The molecule has 9 nitrogen and oxygen atoms in total. The first-order chi connectivity index (χ1) is 13.1. The summed E-state index contributed by atoms with van der Waals surface area (Å²) in [5.41, 5.74) is 0.710. The van der Waals surface area contributed by atoms with Gasteiger partial charge in [-0.15, -0.1) is 0 Å². The third kappa shape index (κ3) is 4.28. The number of nitrogens with zero attached hydrogens (tertiary/aromatic N) is 4. The Morgan fingerprint density at radius 1 is 1.41 bits per heavy atom. The molecule has 2 aromatic rings. The van der Waals surface area contributed by atoms with Gasteiger partial charge in [0, 0.05) is 18.7 Å². The molecule has 0 aliphatic carbocycles. The second-order valence-electron chi connectivity index (χ2n) is 6.15. The number of nitriles is 1. The summed E-state index contributed by atoms with van der Waals surface area (Å²) in [6.45, 7) is 1.21. The molecule has 1 atom stereocenters. The van der Waals surface area contributed by atoms with Gasteiger partial charge in [-0.2, -0.15) is 10.2 Å². The van der Waals surface area contributed by atoms with Gasteiger partial charge in [0.2, 0.25) is 11.7 Å². The molecule has 0 unspecified atom stereocenters. The van der Waals surface area contributed by atoms with Gasteiger partial charge >= 0.3 is 6.03 Å². The quantitative estimate of drug-likeness (QED) is 0.857. The summed E-state index contributed by atoms with van der Waals surface area (Å²) in [5, 5.41) is 15.7. The number of carbonyl (C=O) groups is 1. The van der Waals surface area contributed by atoms with Crippen LogP contribution in [0.5, 0.6) is 11.5 Å². The number of ether oxygens (including phenoxy) is 2. The summed E-state index contributed by atoms with van der Waals surface area (Å²) in [5.74, 6) is 1.75. The van der Waals surface area contributed by atoms with E-state index in [1.54, 1.807) is 37.3 Å². The second-order valence-corrected chi connectivity index (χ2v) is 6.15. The van der Waals surface area contributed by atoms with Crippen LogP contribution in [0.4, 0.5) is 4.79 Å². The number of benzene rings is 1. The lowest BCUT2D eigenvalue weighted by molar-refractivity contribution is 0.174. The van der Waals surface area contributed by atoms with Gasteiger partial charge in [-0.05, 0) is 31.0 Å². The summed E-state index contributed by atoms with van der Waals surface area (Å²) < 4.78 is 15.7. The molecule has 1 N–H and O–H groups in total. The Bertz CT molecular complexity index is 845. The molecule has 1 aromatic carbocycles. The van der Waals surface area contributed by atoms with E-state index in [4.69, 9.17) is 19.3 Å². The summed E-state index contributed by atoms with van der Waals surface area (Å²) in [6, 6.07) is 7.29. The molecule has 2 heterocycles. The molecule has 3 rings (SSSR count). The van der Waals surface area contributed by atoms with Crippen molar-refractivity contribution < 1.29 is 18.8 Å². The molecule has 0 bridgehead atoms. The Balaban J connectivity index is 1.61. The molecule has 0 saturated carbocycles. The van der Waals surface area contributed by atoms with Crippen molar-refractivity contribution in [3.8, 4) is 29.0 Å². The van der Waals surface area contributed by atoms with Gasteiger partial charge in [0.05, 0.1) is 32.8 Å². The first-order valence-electron chi connectivity index (χ1n) is 8.62. The van der Waals surface area contributed by atoms with Gasteiger partial charge in [0.25, 0.3) is 0 Å². The molecule has 0 radical (unpaired) electrons. The summed E-state index contributed by atoms with van der Waals surface area (Å²) in [7, 11) is 3.12. The molecule has 1 fully saturated rings. The molecule has 1 saturated heterocycles. The normalized spacial score (nSPS) is 16.5. The van der Waals surface area contributed by atoms with Crippen molar-refractivity contribution in [3.05, 3.63) is 24.1 Å². The average molecular weight is 371 g/mol. The summed E-state index contributed by atoms with van der Waals surface area (Å²) in [6.07, 6.45) is 1.66. The maximum absolute atomic E-state index is 12.2. The van der Waals surface area contributed by atoms with Crippen LogP contribution in [0.15, 0.2) is 22.7 Å². The predicted octanol–water partition coefficient (Wildman–Crippen LogP) is 2.20. The zero-order valence-corrected chi connectivity index (χ0v) is 15.3. The van der Waals surface area contributed by atoms with Gasteiger partial charge in [0.15, 0.2) is 11.5 Å². The topological polar surface area (TPSA) is 114 Å². The molecule has 1 aliphatic rings. The van der Waals surface area contributed by atoms with Crippen LogP contribution >= 0.6 is 0 Å². The number of piperidine rings is 1. The Labute approximate surface area is 156 Å². The minimum absolute atomic E-state index is 0.107. The summed E-state index contributed by atoms with van der Waals surface area (Å²) >= 11 is 0. The maximum Gasteiger partial charge on any atom is 0.317 e. The first kappa shape index (κ1) is 18.5. The Hall–Kier alpha value is -3.28. The predicted molar refractivity (Wildman–Crippen MR) is 95.0 cm³/mol. The van der Waals surface area contributed by atoms with Crippen molar-refractivity contribution >= 4 is 6.03 Å². The van der Waals surface area contributed by atoms with Crippen LogP contribution in [-0.2, 0) is 6.54 Å². The SMILES string of the molecule is COc1ccc(-c2noc(CNC(=O)N3CCC[C@H](C#N)C3)n2)cc1OC. The van der Waals surface area contributed by atoms with Crippen LogP contribution in [0.1, 0.15) is 18.7 Å². The first-order valence-corrected chi connectivity index (χ1v) is 8.62. The highest BCUT2D eigenvalue weighted by atomic mass is 16.5. The third-order valence-corrected chi connectivity index (χ3v) is 4.39. The third-order valence-electron chi connectivity index (χ3n) is 4.39. The lowest BCUT2D eigenvalue weighted by Crippen LogP contribution is -2.45. The van der Waals surface area contributed by atoms with E-state index in [0.29, 0.717) is 41.9 Å². The molecular formula is C18H21N5O4. The zero-order chi connectivity index (χ0) is 19.2. The molecule has 27 heavy (non-hydrogen) atoms. The Morgan fingerprint density at radius 3 is 2.96 bits per heavy atom. The second kappa shape index (κ2) is 8.40. The minimum Gasteiger partial charge on any atom is -0.493 e. The molecule has 1 aromatic heterocycles. The molecule has 9 heteroatoms. The standard InChI is InChI=1S/C18H21N5O4/c1-25-14-6-5-13(8-15(14)26-2)17-21-16(27-22-17)10-20-18(24)23-7-3-4-12(9-19)11-23/h5-6,8,12H,3-4,7,10-11H2,1-2H3,(H,20,24)/t12-/m1/s1. The Kier molecular flexibility index (Phi) is 5.76. The number of methoxy groups -OCH3 is 2. The number of carbonyl (C=O) groups excluding carboxylic acids is 1. The number of likely N-dealkylation sites (tertiary alicyclic amines) is 1. The zero-order valence-electron chi connectivity index (χ0n) is 15.3. The van der Waals surface area contributed by atoms with Gasteiger partial charge in [-0.25, -0.2) is 4.79 Å². The van der Waals surface area contributed by atoms with Crippen molar-refractivity contribution in [2.45, 2.75) is 19.4 Å². The molecular weight excluding hydrogens is 350 g/mol. The number of urea groups is 1. The number of amides is 2. The van der Waals surface area contributed by atoms with E-state index >= 15 is 0 Å². The van der Waals surface area contributed by atoms with Crippen molar-refractivity contribution in [1.29, 1.82) is 5.26 Å². The summed E-state index contributed by atoms with van der Waals surface area (Å²) in [4.78, 5) is 18.2. The fourth-order valence-electron chi connectivity index (χ4n) is 2.95. The van der Waals surface area contributed by atoms with E-state index in [9.17, 15) is 4.79 Å². The largest absolute Gasteiger partial charge is 0.493 e. The highest BCUT2D eigenvalue weighted by Gasteiger charge is 2.23. The minimum atomic E-state index is -0.235. The van der Waals surface area contributed by atoms with E-state index in [1.807, 2.05) is 0 Å². The van der Waals surface area contributed by atoms with Gasteiger partial charge in [-0.1, -0.05) is 5.16 Å². The lowest BCUT2D eigenvalue weighted by atomic mass is 10.0. The highest BCUT2D eigenvalue weighted by Crippen LogP contribution is 2.31. The van der Waals surface area contributed by atoms with Gasteiger partial charge in [0.1, 0.15) is 0 Å². The number of aromatic nitrogens is 2. The lowest BCUT2D eigenvalue weighted by Gasteiger charge is -2.29. The van der Waals surface area contributed by atoms with Crippen LogP contribution < -0.4 is 14.8 Å². The monoisotopic (exact) mass is 371 g/mol.